The van der Waals surface area contributed by atoms with Crippen LogP contribution >= 0.6 is 0 Å². The summed E-state index contributed by atoms with van der Waals surface area (Å²) in [6.07, 6.45) is 0.788. The van der Waals surface area contributed by atoms with Crippen LogP contribution < -0.4 is 0 Å². The molecule has 0 saturated carbocycles. The Balaban J connectivity index is 1.76. The Kier molecular flexibility index (Phi) is 5.98. The van der Waals surface area contributed by atoms with Gasteiger partial charge in [-0.15, -0.1) is 0 Å². The highest BCUT2D eigenvalue weighted by Gasteiger charge is 2.45. The third-order valence-corrected chi connectivity index (χ3v) is 10.8. The first-order valence-corrected chi connectivity index (χ1v) is 13.0. The Morgan fingerprint density at radius 1 is 1.19 bits per heavy atom. The molecule has 27 heavy (non-hydrogen) atoms. The summed E-state index contributed by atoms with van der Waals surface area (Å²) in [7, 11) is -1.93. The molecule has 2 fully saturated rings. The van der Waals surface area contributed by atoms with E-state index in [9.17, 15) is 4.79 Å². The van der Waals surface area contributed by atoms with Gasteiger partial charge in [0.05, 0.1) is 18.7 Å². The summed E-state index contributed by atoms with van der Waals surface area (Å²) < 4.78 is 12.0. The topological polar surface area (TPSA) is 42.0 Å². The number of piperidine rings is 1. The van der Waals surface area contributed by atoms with Crippen LogP contribution in [0, 0.1) is 0 Å². The lowest BCUT2D eigenvalue weighted by Crippen LogP contribution is -2.59. The maximum Gasteiger partial charge on any atom is 0.410 e. The number of ether oxygens (including phenoxy) is 1. The Hall–Kier alpha value is -1.37. The van der Waals surface area contributed by atoms with Gasteiger partial charge in [-0.05, 0) is 30.1 Å². The molecule has 1 amide bonds. The lowest BCUT2D eigenvalue weighted by atomic mass is 10.00. The molecule has 0 unspecified atom stereocenters. The fourth-order valence-electron chi connectivity index (χ4n) is 3.69. The standard InChI is InChI=1S/C21H34N2O3Si/c1-21(2,3)27(4,5)26-19-16-22(15-17-9-7-6-8-10-17)12-11-18(19)23-13-14-25-20(23)24/h6-10,18-19H,11-16H2,1-5H3/t18-,19+/m0/s1. The molecule has 0 bridgehead atoms. The van der Waals surface area contributed by atoms with Crippen LogP contribution in [0.2, 0.25) is 18.1 Å². The molecule has 0 radical (unpaired) electrons. The van der Waals surface area contributed by atoms with Crippen molar-refractivity contribution in [3.8, 4) is 0 Å². The largest absolute Gasteiger partial charge is 0.448 e. The molecule has 2 saturated heterocycles. The van der Waals surface area contributed by atoms with Gasteiger partial charge in [-0.25, -0.2) is 4.79 Å². The van der Waals surface area contributed by atoms with Gasteiger partial charge in [-0.1, -0.05) is 51.1 Å². The Bertz CT molecular complexity index is 645. The van der Waals surface area contributed by atoms with Crippen LogP contribution in [0.4, 0.5) is 4.79 Å². The van der Waals surface area contributed by atoms with Crippen LogP contribution in [0.15, 0.2) is 30.3 Å². The van der Waals surface area contributed by atoms with Crippen LogP contribution in [0.5, 0.6) is 0 Å². The molecule has 0 spiro atoms. The Labute approximate surface area is 164 Å². The highest BCUT2D eigenvalue weighted by atomic mass is 28.4. The molecule has 0 aliphatic carbocycles. The molecule has 3 rings (SSSR count). The van der Waals surface area contributed by atoms with Crippen molar-refractivity contribution in [2.45, 2.75) is 64.0 Å². The van der Waals surface area contributed by atoms with Gasteiger partial charge in [-0.2, -0.15) is 0 Å². The van der Waals surface area contributed by atoms with Crippen molar-refractivity contribution in [1.82, 2.24) is 9.80 Å². The zero-order valence-electron chi connectivity index (χ0n) is 17.4. The first kappa shape index (κ1) is 20.4. The normalized spacial score (nSPS) is 24.9. The van der Waals surface area contributed by atoms with Crippen molar-refractivity contribution in [2.75, 3.05) is 26.2 Å². The molecule has 1 aromatic carbocycles. The van der Waals surface area contributed by atoms with Gasteiger partial charge in [0.15, 0.2) is 8.32 Å². The summed E-state index contributed by atoms with van der Waals surface area (Å²) in [4.78, 5) is 16.6. The van der Waals surface area contributed by atoms with E-state index >= 15 is 0 Å². The zero-order chi connectivity index (χ0) is 19.7. The predicted molar refractivity (Wildman–Crippen MR) is 110 cm³/mol. The van der Waals surface area contributed by atoms with Crippen LogP contribution in [-0.2, 0) is 15.7 Å². The number of rotatable bonds is 5. The molecule has 2 heterocycles. The van der Waals surface area contributed by atoms with Gasteiger partial charge in [0.1, 0.15) is 6.61 Å². The molecule has 2 aliphatic rings. The van der Waals surface area contributed by atoms with E-state index in [4.69, 9.17) is 9.16 Å². The van der Waals surface area contributed by atoms with Crippen molar-refractivity contribution in [3.05, 3.63) is 35.9 Å². The first-order chi connectivity index (χ1) is 12.7. The highest BCUT2D eigenvalue weighted by molar-refractivity contribution is 6.74. The molecule has 1 aromatic rings. The van der Waals surface area contributed by atoms with Gasteiger partial charge in [-0.3, -0.25) is 9.80 Å². The number of hydrogen-bond donors (Lipinski definition) is 0. The quantitative estimate of drug-likeness (QED) is 0.710. The number of carbonyl (C=O) groups excluding carboxylic acids is 1. The van der Waals surface area contributed by atoms with Gasteiger partial charge in [0, 0.05) is 19.6 Å². The van der Waals surface area contributed by atoms with E-state index in [1.54, 1.807) is 0 Å². The summed E-state index contributed by atoms with van der Waals surface area (Å²) in [6, 6.07) is 10.7. The summed E-state index contributed by atoms with van der Waals surface area (Å²) in [5, 5.41) is 0.144. The van der Waals surface area contributed by atoms with Crippen molar-refractivity contribution in [2.24, 2.45) is 0 Å². The van der Waals surface area contributed by atoms with Crippen molar-refractivity contribution in [1.29, 1.82) is 0 Å². The minimum Gasteiger partial charge on any atom is -0.448 e. The van der Waals surface area contributed by atoms with E-state index in [2.05, 4.69) is 69.1 Å². The summed E-state index contributed by atoms with van der Waals surface area (Å²) >= 11 is 0. The Morgan fingerprint density at radius 3 is 2.48 bits per heavy atom. The predicted octanol–water partition coefficient (Wildman–Crippen LogP) is 4.10. The molecular weight excluding hydrogens is 356 g/mol. The second-order valence-corrected chi connectivity index (χ2v) is 14.1. The number of benzene rings is 1. The monoisotopic (exact) mass is 390 g/mol. The fourth-order valence-corrected chi connectivity index (χ4v) is 5.03. The van der Waals surface area contributed by atoms with Crippen molar-refractivity contribution in [3.63, 3.8) is 0 Å². The van der Waals surface area contributed by atoms with Crippen LogP contribution in [0.3, 0.4) is 0 Å². The van der Waals surface area contributed by atoms with Gasteiger partial charge < -0.3 is 9.16 Å². The minimum atomic E-state index is -1.93. The third kappa shape index (κ3) is 4.73. The van der Waals surface area contributed by atoms with E-state index in [0.717, 1.165) is 26.1 Å². The van der Waals surface area contributed by atoms with E-state index in [-0.39, 0.29) is 23.3 Å². The number of amides is 1. The fraction of sp³-hybridized carbons (Fsp3) is 0.667. The number of cyclic esters (lactones) is 1. The summed E-state index contributed by atoms with van der Waals surface area (Å²) in [5.74, 6) is 0. The molecule has 0 N–H and O–H groups in total. The zero-order valence-corrected chi connectivity index (χ0v) is 18.4. The van der Waals surface area contributed by atoms with Crippen molar-refractivity contribution >= 4 is 14.4 Å². The lowest BCUT2D eigenvalue weighted by molar-refractivity contribution is 0.00898. The van der Waals surface area contributed by atoms with Gasteiger partial charge in [0.2, 0.25) is 0 Å². The van der Waals surface area contributed by atoms with Crippen LogP contribution in [-0.4, -0.2) is 62.6 Å². The summed E-state index contributed by atoms with van der Waals surface area (Å²) in [5.41, 5.74) is 1.32. The molecule has 6 heteroatoms. The number of hydrogen-bond acceptors (Lipinski definition) is 4. The third-order valence-electron chi connectivity index (χ3n) is 6.30. The number of nitrogens with zero attached hydrogens (tertiary/aromatic N) is 2. The van der Waals surface area contributed by atoms with Crippen LogP contribution in [0.1, 0.15) is 32.8 Å². The SMILES string of the molecule is CC(C)(C)[Si](C)(C)O[C@@H]1CN(Cc2ccccc2)CC[C@@H]1N1CCOC1=O. The summed E-state index contributed by atoms with van der Waals surface area (Å²) in [6.45, 7) is 15.3. The van der Waals surface area contributed by atoms with Crippen LogP contribution in [0.25, 0.3) is 0 Å². The second kappa shape index (κ2) is 7.93. The number of likely N-dealkylation sites (tertiary alicyclic amines) is 1. The van der Waals surface area contributed by atoms with E-state index in [1.807, 2.05) is 4.90 Å². The smallest absolute Gasteiger partial charge is 0.410 e. The molecule has 150 valence electrons. The molecule has 5 nitrogen and oxygen atoms in total. The van der Waals surface area contributed by atoms with Gasteiger partial charge >= 0.3 is 6.09 Å². The molecule has 2 atom stereocenters. The molecule has 0 aromatic heterocycles. The van der Waals surface area contributed by atoms with E-state index in [1.165, 1.54) is 5.56 Å². The second-order valence-electron chi connectivity index (χ2n) is 9.30. The van der Waals surface area contributed by atoms with Gasteiger partial charge in [0.25, 0.3) is 0 Å². The molecular formula is C21H34N2O3Si. The maximum absolute atomic E-state index is 12.2. The minimum absolute atomic E-state index is 0.0361. The van der Waals surface area contributed by atoms with E-state index < -0.39 is 8.32 Å². The maximum atomic E-state index is 12.2. The average molecular weight is 391 g/mol. The average Bonchev–Trinajstić information content (AvgIpc) is 3.00. The highest BCUT2D eigenvalue weighted by Crippen LogP contribution is 2.39. The Morgan fingerprint density at radius 2 is 1.89 bits per heavy atom. The number of carbonyl (C=O) groups is 1. The first-order valence-electron chi connectivity index (χ1n) is 10.0. The molecule has 2 aliphatic heterocycles. The lowest BCUT2D eigenvalue weighted by Gasteiger charge is -2.47. The van der Waals surface area contributed by atoms with E-state index in [0.29, 0.717) is 13.2 Å². The van der Waals surface area contributed by atoms with Crippen molar-refractivity contribution < 1.29 is 14.0 Å².